The number of halogens is 1. The summed E-state index contributed by atoms with van der Waals surface area (Å²) < 4.78 is 40.5. The molecule has 20 heavy (non-hydrogen) atoms. The third-order valence-electron chi connectivity index (χ3n) is 3.75. The monoisotopic (exact) mass is 300 g/mol. The quantitative estimate of drug-likeness (QED) is 0.854. The zero-order chi connectivity index (χ0) is 14.8. The number of benzene rings is 1. The Hall–Kier alpha value is -1.14. The Kier molecular flexibility index (Phi) is 4.65. The van der Waals surface area contributed by atoms with Gasteiger partial charge in [0.05, 0.1) is 4.90 Å². The molecule has 1 fully saturated rings. The molecule has 112 valence electrons. The van der Waals surface area contributed by atoms with E-state index in [1.54, 1.807) is 0 Å². The summed E-state index contributed by atoms with van der Waals surface area (Å²) in [6.45, 7) is 2.47. The summed E-state index contributed by atoms with van der Waals surface area (Å²) in [5, 5.41) is 0. The molecule has 1 aliphatic heterocycles. The van der Waals surface area contributed by atoms with Crippen molar-refractivity contribution in [2.45, 2.75) is 43.9 Å². The van der Waals surface area contributed by atoms with E-state index in [4.69, 9.17) is 5.73 Å². The Labute approximate surface area is 119 Å². The molecule has 0 atom stereocenters. The van der Waals surface area contributed by atoms with Gasteiger partial charge in [-0.15, -0.1) is 0 Å². The van der Waals surface area contributed by atoms with E-state index in [0.29, 0.717) is 13.1 Å². The maximum Gasteiger partial charge on any atom is 0.243 e. The van der Waals surface area contributed by atoms with Crippen LogP contribution in [0, 0.1) is 12.7 Å². The Morgan fingerprint density at radius 3 is 2.25 bits per heavy atom. The molecule has 1 aromatic rings. The molecule has 1 saturated heterocycles. The van der Waals surface area contributed by atoms with Crippen LogP contribution in [0.5, 0.6) is 0 Å². The second-order valence-corrected chi connectivity index (χ2v) is 7.20. The lowest BCUT2D eigenvalue weighted by Gasteiger charge is -2.25. The van der Waals surface area contributed by atoms with Crippen molar-refractivity contribution in [1.82, 2.24) is 4.31 Å². The average molecular weight is 300 g/mol. The SMILES string of the molecule is Cc1c(F)cc(N)cc1S(=O)(=O)N1CCCCCCC1. The lowest BCUT2D eigenvalue weighted by atomic mass is 10.1. The molecular formula is C14H21FN2O2S. The Bertz CT molecular complexity index is 579. The van der Waals surface area contributed by atoms with Crippen LogP contribution in [0.25, 0.3) is 0 Å². The number of nitrogens with two attached hydrogens (primary N) is 1. The van der Waals surface area contributed by atoms with Gasteiger partial charge in [-0.2, -0.15) is 4.31 Å². The van der Waals surface area contributed by atoms with Gasteiger partial charge < -0.3 is 5.73 Å². The first-order valence-electron chi connectivity index (χ1n) is 6.98. The van der Waals surface area contributed by atoms with Crippen LogP contribution >= 0.6 is 0 Å². The molecule has 6 heteroatoms. The number of anilines is 1. The van der Waals surface area contributed by atoms with Gasteiger partial charge in [0, 0.05) is 24.3 Å². The highest BCUT2D eigenvalue weighted by molar-refractivity contribution is 7.89. The van der Waals surface area contributed by atoms with Crippen molar-refractivity contribution < 1.29 is 12.8 Å². The molecule has 1 aromatic carbocycles. The number of hydrogen-bond donors (Lipinski definition) is 1. The van der Waals surface area contributed by atoms with Crippen molar-refractivity contribution >= 4 is 15.7 Å². The fraction of sp³-hybridized carbons (Fsp3) is 0.571. The van der Waals surface area contributed by atoms with E-state index < -0.39 is 15.8 Å². The van der Waals surface area contributed by atoms with Crippen LogP contribution in [-0.2, 0) is 10.0 Å². The summed E-state index contributed by atoms with van der Waals surface area (Å²) in [5.41, 5.74) is 5.87. The maximum absolute atomic E-state index is 13.7. The van der Waals surface area contributed by atoms with Gasteiger partial charge in [0.2, 0.25) is 10.0 Å². The van der Waals surface area contributed by atoms with Crippen LogP contribution in [0.1, 0.15) is 37.7 Å². The number of hydrogen-bond acceptors (Lipinski definition) is 3. The first-order chi connectivity index (χ1) is 9.43. The third kappa shape index (κ3) is 3.12. The fourth-order valence-corrected chi connectivity index (χ4v) is 4.33. The van der Waals surface area contributed by atoms with Crippen LogP contribution in [0.2, 0.25) is 0 Å². The van der Waals surface area contributed by atoms with E-state index in [-0.39, 0.29) is 16.1 Å². The van der Waals surface area contributed by atoms with E-state index in [9.17, 15) is 12.8 Å². The number of sulfonamides is 1. The highest BCUT2D eigenvalue weighted by Crippen LogP contribution is 2.26. The first-order valence-corrected chi connectivity index (χ1v) is 8.42. The number of rotatable bonds is 2. The van der Waals surface area contributed by atoms with E-state index in [1.807, 2.05) is 0 Å². The second kappa shape index (κ2) is 6.10. The molecule has 0 amide bonds. The minimum Gasteiger partial charge on any atom is -0.399 e. The van der Waals surface area contributed by atoms with Gasteiger partial charge in [-0.1, -0.05) is 19.3 Å². The summed E-state index contributed by atoms with van der Waals surface area (Å²) in [4.78, 5) is -0.00410. The van der Waals surface area contributed by atoms with Gasteiger partial charge in [0.25, 0.3) is 0 Å². The van der Waals surface area contributed by atoms with Gasteiger partial charge in [0.1, 0.15) is 5.82 Å². The van der Waals surface area contributed by atoms with E-state index in [0.717, 1.165) is 38.2 Å². The second-order valence-electron chi connectivity index (χ2n) is 5.30. The van der Waals surface area contributed by atoms with Crippen molar-refractivity contribution in [2.75, 3.05) is 18.8 Å². The summed E-state index contributed by atoms with van der Waals surface area (Å²) in [5.74, 6) is -0.574. The predicted molar refractivity (Wildman–Crippen MR) is 77.4 cm³/mol. The van der Waals surface area contributed by atoms with Crippen LogP contribution in [0.4, 0.5) is 10.1 Å². The van der Waals surface area contributed by atoms with Gasteiger partial charge in [-0.25, -0.2) is 12.8 Å². The molecule has 0 spiro atoms. The van der Waals surface area contributed by atoms with Crippen LogP contribution in [0.15, 0.2) is 17.0 Å². The molecule has 0 saturated carbocycles. The Morgan fingerprint density at radius 2 is 1.65 bits per heavy atom. The number of nitrogen functional groups attached to an aromatic ring is 1. The largest absolute Gasteiger partial charge is 0.399 e. The minimum atomic E-state index is -3.66. The number of nitrogens with zero attached hydrogens (tertiary/aromatic N) is 1. The van der Waals surface area contributed by atoms with Crippen molar-refractivity contribution in [3.8, 4) is 0 Å². The van der Waals surface area contributed by atoms with E-state index >= 15 is 0 Å². The molecule has 0 aliphatic carbocycles. The fourth-order valence-electron chi connectivity index (χ4n) is 2.54. The lowest BCUT2D eigenvalue weighted by molar-refractivity contribution is 0.363. The van der Waals surface area contributed by atoms with Crippen molar-refractivity contribution in [3.05, 3.63) is 23.5 Å². The molecule has 1 heterocycles. The predicted octanol–water partition coefficient (Wildman–Crippen LogP) is 2.67. The topological polar surface area (TPSA) is 63.4 Å². The molecule has 0 unspecified atom stereocenters. The van der Waals surface area contributed by atoms with Crippen LogP contribution in [-0.4, -0.2) is 25.8 Å². The highest BCUT2D eigenvalue weighted by Gasteiger charge is 2.27. The lowest BCUT2D eigenvalue weighted by Crippen LogP contribution is -2.34. The summed E-state index contributed by atoms with van der Waals surface area (Å²) in [7, 11) is -3.66. The third-order valence-corrected chi connectivity index (χ3v) is 5.78. The standard InChI is InChI=1S/C14H21FN2O2S/c1-11-13(15)9-12(16)10-14(11)20(18,19)17-7-5-3-2-4-6-8-17/h9-10H,2-8,16H2,1H3. The zero-order valence-electron chi connectivity index (χ0n) is 11.7. The van der Waals surface area contributed by atoms with Crippen molar-refractivity contribution in [3.63, 3.8) is 0 Å². The van der Waals surface area contributed by atoms with Gasteiger partial charge in [-0.05, 0) is 31.9 Å². The van der Waals surface area contributed by atoms with E-state index in [2.05, 4.69) is 0 Å². The molecule has 0 bridgehead atoms. The van der Waals surface area contributed by atoms with Gasteiger partial charge in [-0.3, -0.25) is 0 Å². The summed E-state index contributed by atoms with van der Waals surface area (Å²) in [6, 6.07) is 2.51. The van der Waals surface area contributed by atoms with Crippen molar-refractivity contribution in [1.29, 1.82) is 0 Å². The smallest absolute Gasteiger partial charge is 0.243 e. The zero-order valence-corrected chi connectivity index (χ0v) is 12.5. The van der Waals surface area contributed by atoms with Gasteiger partial charge in [0.15, 0.2) is 0 Å². The molecular weight excluding hydrogens is 279 g/mol. The molecule has 1 aliphatic rings. The first kappa shape index (κ1) is 15.3. The molecule has 0 aromatic heterocycles. The van der Waals surface area contributed by atoms with E-state index in [1.165, 1.54) is 17.3 Å². The Balaban J connectivity index is 2.38. The van der Waals surface area contributed by atoms with Gasteiger partial charge >= 0.3 is 0 Å². The summed E-state index contributed by atoms with van der Waals surface area (Å²) >= 11 is 0. The summed E-state index contributed by atoms with van der Waals surface area (Å²) in [6.07, 6.45) is 4.93. The van der Waals surface area contributed by atoms with Crippen LogP contribution in [0.3, 0.4) is 0 Å². The molecule has 0 radical (unpaired) electrons. The average Bonchev–Trinajstić information content (AvgIpc) is 2.32. The molecule has 4 nitrogen and oxygen atoms in total. The molecule has 2 rings (SSSR count). The molecule has 2 N–H and O–H groups in total. The highest BCUT2D eigenvalue weighted by atomic mass is 32.2. The Morgan fingerprint density at radius 1 is 1.10 bits per heavy atom. The minimum absolute atomic E-state index is 0.00410. The normalized spacial score (nSPS) is 18.5. The maximum atomic E-state index is 13.7. The van der Waals surface area contributed by atoms with Crippen LogP contribution < -0.4 is 5.73 Å². The van der Waals surface area contributed by atoms with Crippen molar-refractivity contribution in [2.24, 2.45) is 0 Å².